The van der Waals surface area contributed by atoms with Crippen molar-refractivity contribution in [1.29, 1.82) is 0 Å². The highest BCUT2D eigenvalue weighted by Gasteiger charge is 2.22. The van der Waals surface area contributed by atoms with Gasteiger partial charge in [0.05, 0.1) is 6.54 Å². The Morgan fingerprint density at radius 3 is 2.76 bits per heavy atom. The zero-order valence-corrected chi connectivity index (χ0v) is 17.0. The van der Waals surface area contributed by atoms with Crippen LogP contribution in [0.4, 0.5) is 0 Å². The van der Waals surface area contributed by atoms with Gasteiger partial charge in [-0.15, -0.1) is 0 Å². The number of likely N-dealkylation sites (N-methyl/N-ethyl adjacent to an activating group) is 1. The van der Waals surface area contributed by atoms with Crippen molar-refractivity contribution in [3.63, 3.8) is 0 Å². The number of nitrogens with one attached hydrogen (secondary N) is 1. The van der Waals surface area contributed by atoms with Crippen molar-refractivity contribution >= 4 is 16.7 Å². The zero-order chi connectivity index (χ0) is 20.4. The number of hydrogen-bond donors (Lipinski definition) is 1. The molecular weight excluding hydrogens is 366 g/mol. The fraction of sp³-hybridized carbons (Fsp3) is 0.409. The third-order valence-corrected chi connectivity index (χ3v) is 5.52. The number of carbonyl (C=O) groups is 1. The monoisotopic (exact) mass is 393 g/mol. The van der Waals surface area contributed by atoms with Crippen molar-refractivity contribution in [3.8, 4) is 0 Å². The van der Waals surface area contributed by atoms with Crippen LogP contribution in [0.2, 0.25) is 0 Å². The molecule has 1 aliphatic heterocycles. The summed E-state index contributed by atoms with van der Waals surface area (Å²) in [5.74, 6) is 0.750. The van der Waals surface area contributed by atoms with Crippen LogP contribution in [0.15, 0.2) is 47.3 Å². The second-order valence-corrected chi connectivity index (χ2v) is 7.94. The van der Waals surface area contributed by atoms with Crippen LogP contribution in [0.25, 0.3) is 10.8 Å². The van der Waals surface area contributed by atoms with E-state index in [-0.39, 0.29) is 17.6 Å². The van der Waals surface area contributed by atoms with Gasteiger partial charge in [0, 0.05) is 31.1 Å². The van der Waals surface area contributed by atoms with Gasteiger partial charge in [-0.3, -0.25) is 9.36 Å². The van der Waals surface area contributed by atoms with Crippen LogP contribution in [0.5, 0.6) is 0 Å². The van der Waals surface area contributed by atoms with E-state index in [0.29, 0.717) is 25.1 Å². The van der Waals surface area contributed by atoms with E-state index >= 15 is 0 Å². The molecule has 0 radical (unpaired) electrons. The molecule has 1 aromatic heterocycles. The molecule has 4 rings (SSSR count). The molecule has 0 saturated heterocycles. The highest BCUT2D eigenvalue weighted by atomic mass is 16.2. The molecule has 29 heavy (non-hydrogen) atoms. The number of benzene rings is 2. The fourth-order valence-corrected chi connectivity index (χ4v) is 3.81. The van der Waals surface area contributed by atoms with Crippen LogP contribution in [0.3, 0.4) is 0 Å². The van der Waals surface area contributed by atoms with Crippen LogP contribution >= 0.6 is 0 Å². The largest absolute Gasteiger partial charge is 0.349 e. The summed E-state index contributed by atoms with van der Waals surface area (Å²) in [6, 6.07) is 13.8. The van der Waals surface area contributed by atoms with E-state index in [4.69, 9.17) is 0 Å². The number of fused-ring (bicyclic) bond motifs is 2. The first-order valence-electron chi connectivity index (χ1n) is 10.1. The summed E-state index contributed by atoms with van der Waals surface area (Å²) < 4.78 is 3.32. The highest BCUT2D eigenvalue weighted by molar-refractivity contribution is 5.98. The molecule has 1 aliphatic rings. The first-order chi connectivity index (χ1) is 14.0. The molecule has 152 valence electrons. The molecule has 0 aliphatic carbocycles. The fourth-order valence-electron chi connectivity index (χ4n) is 3.81. The van der Waals surface area contributed by atoms with Crippen molar-refractivity contribution in [1.82, 2.24) is 24.6 Å². The first-order valence-corrected chi connectivity index (χ1v) is 10.1. The van der Waals surface area contributed by atoms with Gasteiger partial charge in [-0.05, 0) is 49.8 Å². The Kier molecular flexibility index (Phi) is 5.49. The Bertz CT molecular complexity index is 1080. The van der Waals surface area contributed by atoms with Crippen LogP contribution in [0.1, 0.15) is 29.0 Å². The topological polar surface area (TPSA) is 72.2 Å². The molecule has 0 bridgehead atoms. The normalized spacial score (nSPS) is 16.6. The molecule has 3 aromatic rings. The summed E-state index contributed by atoms with van der Waals surface area (Å²) in [5.41, 5.74) is 0.611. The SMILES string of the molecule is CN(C)CCn1nc2n(c1=O)CCC(NC(=O)c1ccc3ccccc3c1)CC2. The summed E-state index contributed by atoms with van der Waals surface area (Å²) in [6.07, 6.45) is 2.20. The first kappa shape index (κ1) is 19.4. The van der Waals surface area contributed by atoms with Crippen molar-refractivity contribution in [2.45, 2.75) is 38.4 Å². The summed E-state index contributed by atoms with van der Waals surface area (Å²) in [5, 5.41) is 9.83. The summed E-state index contributed by atoms with van der Waals surface area (Å²) in [6.45, 7) is 1.95. The number of rotatable bonds is 5. The number of aromatic nitrogens is 3. The minimum atomic E-state index is -0.0660. The maximum absolute atomic E-state index is 12.7. The lowest BCUT2D eigenvalue weighted by Crippen LogP contribution is -2.36. The van der Waals surface area contributed by atoms with Gasteiger partial charge in [-0.1, -0.05) is 30.3 Å². The third kappa shape index (κ3) is 4.24. The quantitative estimate of drug-likeness (QED) is 0.719. The Morgan fingerprint density at radius 1 is 1.17 bits per heavy atom. The third-order valence-electron chi connectivity index (χ3n) is 5.52. The molecule has 0 spiro atoms. The van der Waals surface area contributed by atoms with E-state index < -0.39 is 0 Å². The van der Waals surface area contributed by atoms with Gasteiger partial charge in [0.1, 0.15) is 5.82 Å². The average molecular weight is 393 g/mol. The van der Waals surface area contributed by atoms with Crippen molar-refractivity contribution in [2.75, 3.05) is 20.6 Å². The lowest BCUT2D eigenvalue weighted by Gasteiger charge is -2.16. The van der Waals surface area contributed by atoms with Crippen LogP contribution < -0.4 is 11.0 Å². The summed E-state index contributed by atoms with van der Waals surface area (Å²) in [7, 11) is 3.96. The second kappa shape index (κ2) is 8.21. The van der Waals surface area contributed by atoms with E-state index in [9.17, 15) is 9.59 Å². The molecule has 1 N–H and O–H groups in total. The lowest BCUT2D eigenvalue weighted by atomic mass is 10.1. The van der Waals surface area contributed by atoms with E-state index in [1.54, 1.807) is 9.25 Å². The van der Waals surface area contributed by atoms with Crippen LogP contribution in [0, 0.1) is 0 Å². The van der Waals surface area contributed by atoms with Gasteiger partial charge >= 0.3 is 5.69 Å². The molecule has 1 atom stereocenters. The number of nitrogens with zero attached hydrogens (tertiary/aromatic N) is 4. The standard InChI is InChI=1S/C22H27N5O2/c1-25(2)13-14-27-22(29)26-12-11-19(9-10-20(26)24-27)23-21(28)18-8-7-16-5-3-4-6-17(16)15-18/h3-8,15,19H,9-14H2,1-2H3,(H,23,28). The second-order valence-electron chi connectivity index (χ2n) is 7.94. The average Bonchev–Trinajstić information content (AvgIpc) is 2.88. The summed E-state index contributed by atoms with van der Waals surface area (Å²) in [4.78, 5) is 27.4. The van der Waals surface area contributed by atoms with Gasteiger partial charge in [-0.2, -0.15) is 5.10 Å². The van der Waals surface area contributed by atoms with Crippen LogP contribution in [-0.4, -0.2) is 51.8 Å². The number of hydrogen-bond acceptors (Lipinski definition) is 4. The number of amides is 1. The van der Waals surface area contributed by atoms with E-state index in [1.807, 2.05) is 61.5 Å². The van der Waals surface area contributed by atoms with Gasteiger partial charge < -0.3 is 10.2 Å². The van der Waals surface area contributed by atoms with Crippen LogP contribution in [-0.2, 0) is 19.5 Å². The van der Waals surface area contributed by atoms with Gasteiger partial charge in [0.25, 0.3) is 5.91 Å². The maximum Gasteiger partial charge on any atom is 0.345 e. The lowest BCUT2D eigenvalue weighted by molar-refractivity contribution is 0.0933. The predicted molar refractivity (Wildman–Crippen MR) is 113 cm³/mol. The van der Waals surface area contributed by atoms with E-state index in [1.165, 1.54) is 0 Å². The predicted octanol–water partition coefficient (Wildman–Crippen LogP) is 1.89. The number of aryl methyl sites for hydroxylation is 1. The molecule has 7 heteroatoms. The van der Waals surface area contributed by atoms with Crippen molar-refractivity contribution < 1.29 is 4.79 Å². The minimum absolute atomic E-state index is 0.0327. The number of carbonyl (C=O) groups excluding carboxylic acids is 1. The van der Waals surface area contributed by atoms with E-state index in [2.05, 4.69) is 10.4 Å². The molecular formula is C22H27N5O2. The van der Waals surface area contributed by atoms with Crippen molar-refractivity contribution in [3.05, 3.63) is 64.3 Å². The molecule has 2 heterocycles. The van der Waals surface area contributed by atoms with Crippen molar-refractivity contribution in [2.24, 2.45) is 0 Å². The van der Waals surface area contributed by atoms with Gasteiger partial charge in [-0.25, -0.2) is 9.48 Å². The molecule has 1 unspecified atom stereocenters. The molecule has 0 fully saturated rings. The Hall–Kier alpha value is -2.93. The van der Waals surface area contributed by atoms with Gasteiger partial charge in [0.2, 0.25) is 0 Å². The minimum Gasteiger partial charge on any atom is -0.349 e. The smallest absolute Gasteiger partial charge is 0.345 e. The molecule has 7 nitrogen and oxygen atoms in total. The Labute approximate surface area is 169 Å². The highest BCUT2D eigenvalue weighted by Crippen LogP contribution is 2.17. The Morgan fingerprint density at radius 2 is 1.97 bits per heavy atom. The Balaban J connectivity index is 1.42. The summed E-state index contributed by atoms with van der Waals surface area (Å²) >= 11 is 0. The maximum atomic E-state index is 12.7. The van der Waals surface area contributed by atoms with E-state index in [0.717, 1.165) is 36.0 Å². The van der Waals surface area contributed by atoms with Gasteiger partial charge in [0.15, 0.2) is 0 Å². The molecule has 0 saturated carbocycles. The zero-order valence-electron chi connectivity index (χ0n) is 17.0. The molecule has 2 aromatic carbocycles. The molecule has 1 amide bonds.